The van der Waals surface area contributed by atoms with Gasteiger partial charge in [-0.15, -0.1) is 0 Å². The number of ether oxygens (including phenoxy) is 1. The summed E-state index contributed by atoms with van der Waals surface area (Å²) < 4.78 is 5.23. The van der Waals surface area contributed by atoms with Crippen molar-refractivity contribution in [2.24, 2.45) is 5.92 Å². The summed E-state index contributed by atoms with van der Waals surface area (Å²) in [6, 6.07) is 7.84. The molecule has 1 aromatic carbocycles. The summed E-state index contributed by atoms with van der Waals surface area (Å²) in [5.74, 6) is 0.0188. The quantitative estimate of drug-likeness (QED) is 0.833. The van der Waals surface area contributed by atoms with Crippen molar-refractivity contribution in [2.75, 3.05) is 7.11 Å². The number of aliphatic carboxylic acids is 1. The van der Waals surface area contributed by atoms with Gasteiger partial charge in [0.1, 0.15) is 5.75 Å². The molecule has 1 fully saturated rings. The van der Waals surface area contributed by atoms with Crippen molar-refractivity contribution < 1.29 is 14.6 Å². The van der Waals surface area contributed by atoms with Crippen LogP contribution in [0.4, 0.5) is 0 Å². The number of benzene rings is 1. The molecule has 1 saturated carbocycles. The van der Waals surface area contributed by atoms with E-state index < -0.39 is 5.97 Å². The Labute approximate surface area is 108 Å². The predicted octanol–water partition coefficient (Wildman–Crippen LogP) is 3.44. The molecule has 98 valence electrons. The highest BCUT2D eigenvalue weighted by molar-refractivity contribution is 5.71. The molecule has 2 rings (SSSR count). The lowest BCUT2D eigenvalue weighted by atomic mass is 9.82. The van der Waals surface area contributed by atoms with Gasteiger partial charge < -0.3 is 9.84 Å². The Bertz CT molecular complexity index is 414. The Morgan fingerprint density at radius 1 is 1.28 bits per heavy atom. The Morgan fingerprint density at radius 2 is 2.06 bits per heavy atom. The van der Waals surface area contributed by atoms with E-state index in [0.717, 1.165) is 43.4 Å². The van der Waals surface area contributed by atoms with Crippen LogP contribution < -0.4 is 4.74 Å². The highest BCUT2D eigenvalue weighted by atomic mass is 16.5. The predicted molar refractivity (Wildman–Crippen MR) is 69.9 cm³/mol. The van der Waals surface area contributed by atoms with Crippen molar-refractivity contribution in [2.45, 2.75) is 38.0 Å². The van der Waals surface area contributed by atoms with Crippen LogP contribution in [-0.2, 0) is 4.79 Å². The lowest BCUT2D eigenvalue weighted by Crippen LogP contribution is -2.21. The molecule has 0 heterocycles. The third-order valence-electron chi connectivity index (χ3n) is 3.86. The fourth-order valence-corrected chi connectivity index (χ4v) is 2.87. The molecule has 18 heavy (non-hydrogen) atoms. The first kappa shape index (κ1) is 12.9. The molecule has 0 amide bonds. The molecule has 1 N–H and O–H groups in total. The Kier molecular flexibility index (Phi) is 4.24. The fourth-order valence-electron chi connectivity index (χ4n) is 2.87. The molecule has 0 aromatic heterocycles. The molecule has 0 bridgehead atoms. The summed E-state index contributed by atoms with van der Waals surface area (Å²) in [6.45, 7) is 0. The van der Waals surface area contributed by atoms with Gasteiger partial charge in [-0.05, 0) is 36.5 Å². The first-order valence-corrected chi connectivity index (χ1v) is 6.59. The van der Waals surface area contributed by atoms with Crippen molar-refractivity contribution >= 4 is 5.97 Å². The maximum absolute atomic E-state index is 11.4. The van der Waals surface area contributed by atoms with Crippen LogP contribution in [0.25, 0.3) is 0 Å². The third kappa shape index (κ3) is 2.84. The molecule has 0 radical (unpaired) electrons. The van der Waals surface area contributed by atoms with Gasteiger partial charge in [0.25, 0.3) is 0 Å². The second-order valence-electron chi connectivity index (χ2n) is 4.97. The first-order chi connectivity index (χ1) is 8.72. The highest BCUT2D eigenvalue weighted by Crippen LogP contribution is 2.37. The monoisotopic (exact) mass is 248 g/mol. The minimum atomic E-state index is -0.662. The zero-order chi connectivity index (χ0) is 13.0. The Hall–Kier alpha value is -1.51. The molecule has 2 unspecified atom stereocenters. The number of carboxylic acids is 1. The molecule has 1 aromatic rings. The van der Waals surface area contributed by atoms with Crippen molar-refractivity contribution in [3.8, 4) is 5.75 Å². The van der Waals surface area contributed by atoms with Crippen LogP contribution in [0.5, 0.6) is 5.75 Å². The minimum absolute atomic E-state index is 0.125. The summed E-state index contributed by atoms with van der Waals surface area (Å²) in [7, 11) is 1.64. The maximum Gasteiger partial charge on any atom is 0.307 e. The van der Waals surface area contributed by atoms with Crippen LogP contribution in [0, 0.1) is 5.92 Å². The van der Waals surface area contributed by atoms with E-state index in [9.17, 15) is 9.90 Å². The van der Waals surface area contributed by atoms with E-state index in [2.05, 4.69) is 0 Å². The number of carboxylic acid groups (broad SMARTS) is 1. The molecule has 0 saturated heterocycles. The van der Waals surface area contributed by atoms with Gasteiger partial charge in [0.05, 0.1) is 13.0 Å². The van der Waals surface area contributed by atoms with E-state index in [4.69, 9.17) is 4.74 Å². The van der Waals surface area contributed by atoms with E-state index in [0.29, 0.717) is 0 Å². The number of rotatable bonds is 3. The van der Waals surface area contributed by atoms with Gasteiger partial charge in [0, 0.05) is 0 Å². The molecule has 0 spiro atoms. The second kappa shape index (κ2) is 5.89. The average Bonchev–Trinajstić information content (AvgIpc) is 2.64. The largest absolute Gasteiger partial charge is 0.497 e. The molecule has 3 nitrogen and oxygen atoms in total. The van der Waals surface area contributed by atoms with Gasteiger partial charge in [-0.2, -0.15) is 0 Å². The van der Waals surface area contributed by atoms with Crippen LogP contribution in [-0.4, -0.2) is 18.2 Å². The van der Waals surface area contributed by atoms with Crippen LogP contribution in [0.15, 0.2) is 24.3 Å². The topological polar surface area (TPSA) is 46.5 Å². The summed E-state index contributed by atoms with van der Waals surface area (Å²) in [4.78, 5) is 11.4. The third-order valence-corrected chi connectivity index (χ3v) is 3.86. The normalized spacial score (nSPS) is 24.3. The smallest absolute Gasteiger partial charge is 0.307 e. The highest BCUT2D eigenvalue weighted by Gasteiger charge is 2.30. The summed E-state index contributed by atoms with van der Waals surface area (Å²) >= 11 is 0. The van der Waals surface area contributed by atoms with Crippen molar-refractivity contribution in [1.82, 2.24) is 0 Å². The number of methoxy groups -OCH3 is 1. The minimum Gasteiger partial charge on any atom is -0.497 e. The maximum atomic E-state index is 11.4. The van der Waals surface area contributed by atoms with Crippen LogP contribution >= 0.6 is 0 Å². The second-order valence-corrected chi connectivity index (χ2v) is 4.97. The van der Waals surface area contributed by atoms with Gasteiger partial charge in [0.15, 0.2) is 0 Å². The van der Waals surface area contributed by atoms with Crippen LogP contribution in [0.2, 0.25) is 0 Å². The number of hydrogen-bond acceptors (Lipinski definition) is 2. The molecule has 3 heteroatoms. The van der Waals surface area contributed by atoms with Gasteiger partial charge in [-0.3, -0.25) is 4.79 Å². The van der Waals surface area contributed by atoms with Crippen LogP contribution in [0.3, 0.4) is 0 Å². The lowest BCUT2D eigenvalue weighted by Gasteiger charge is -2.22. The summed E-state index contributed by atoms with van der Waals surface area (Å²) in [6.07, 6.45) is 5.04. The SMILES string of the molecule is COc1cccc(C2CCCCCC2C(=O)O)c1. The Balaban J connectivity index is 2.28. The molecule has 1 aliphatic carbocycles. The average molecular weight is 248 g/mol. The van der Waals surface area contributed by atoms with Crippen LogP contribution in [0.1, 0.15) is 43.6 Å². The molecule has 2 atom stereocenters. The summed E-state index contributed by atoms with van der Waals surface area (Å²) in [5, 5.41) is 9.39. The number of hydrogen-bond donors (Lipinski definition) is 1. The van der Waals surface area contributed by atoms with Gasteiger partial charge >= 0.3 is 5.97 Å². The van der Waals surface area contributed by atoms with Crippen molar-refractivity contribution in [3.63, 3.8) is 0 Å². The van der Waals surface area contributed by atoms with Gasteiger partial charge in [-0.25, -0.2) is 0 Å². The van der Waals surface area contributed by atoms with Crippen molar-refractivity contribution in [3.05, 3.63) is 29.8 Å². The molecular formula is C15H20O3. The fraction of sp³-hybridized carbons (Fsp3) is 0.533. The van der Waals surface area contributed by atoms with E-state index in [1.165, 1.54) is 0 Å². The zero-order valence-electron chi connectivity index (χ0n) is 10.8. The molecular weight excluding hydrogens is 228 g/mol. The van der Waals surface area contributed by atoms with E-state index in [1.54, 1.807) is 7.11 Å². The van der Waals surface area contributed by atoms with Gasteiger partial charge in [-0.1, -0.05) is 31.4 Å². The van der Waals surface area contributed by atoms with E-state index >= 15 is 0 Å². The van der Waals surface area contributed by atoms with Crippen molar-refractivity contribution in [1.29, 1.82) is 0 Å². The lowest BCUT2D eigenvalue weighted by molar-refractivity contribution is -0.142. The first-order valence-electron chi connectivity index (χ1n) is 6.59. The standard InChI is InChI=1S/C15H20O3/c1-18-12-7-5-6-11(10-12)13-8-3-2-4-9-14(13)15(16)17/h5-7,10,13-14H,2-4,8-9H2,1H3,(H,16,17). The number of carbonyl (C=O) groups is 1. The zero-order valence-corrected chi connectivity index (χ0v) is 10.8. The Morgan fingerprint density at radius 3 is 2.78 bits per heavy atom. The van der Waals surface area contributed by atoms with E-state index in [1.807, 2.05) is 24.3 Å². The summed E-state index contributed by atoms with van der Waals surface area (Å²) in [5.41, 5.74) is 1.10. The van der Waals surface area contributed by atoms with Gasteiger partial charge in [0.2, 0.25) is 0 Å². The molecule has 1 aliphatic rings. The van der Waals surface area contributed by atoms with E-state index in [-0.39, 0.29) is 11.8 Å². The molecule has 0 aliphatic heterocycles.